The van der Waals surface area contributed by atoms with Crippen molar-refractivity contribution in [3.8, 4) is 5.88 Å². The first-order chi connectivity index (χ1) is 8.26. The molecule has 0 aromatic carbocycles. The van der Waals surface area contributed by atoms with E-state index in [4.69, 9.17) is 10.5 Å². The molecule has 1 aromatic heterocycles. The molecule has 0 saturated carbocycles. The van der Waals surface area contributed by atoms with E-state index in [1.807, 2.05) is 12.1 Å². The quantitative estimate of drug-likeness (QED) is 0.350. The molecule has 0 aliphatic heterocycles. The molecule has 0 bridgehead atoms. The zero-order valence-electron chi connectivity index (χ0n) is 10.8. The van der Waals surface area contributed by atoms with E-state index in [1.165, 1.54) is 0 Å². The number of pyridine rings is 1. The van der Waals surface area contributed by atoms with Gasteiger partial charge < -0.3 is 15.8 Å². The molecule has 1 heterocycles. The molecule has 0 aliphatic rings. The average molecular weight is 364 g/mol. The molecule has 102 valence electrons. The first kappa shape index (κ1) is 16.9. The minimum atomic E-state index is 0. The van der Waals surface area contributed by atoms with Crippen molar-refractivity contribution in [1.82, 2.24) is 10.3 Å². The van der Waals surface area contributed by atoms with Gasteiger partial charge in [0.25, 0.3) is 0 Å². The van der Waals surface area contributed by atoms with E-state index in [0.717, 1.165) is 24.9 Å². The van der Waals surface area contributed by atoms with E-state index < -0.39 is 0 Å². The highest BCUT2D eigenvalue weighted by Gasteiger charge is 1.96. The van der Waals surface area contributed by atoms with Crippen LogP contribution in [0.1, 0.15) is 25.3 Å². The lowest BCUT2D eigenvalue weighted by Gasteiger charge is -2.05. The third-order valence-electron chi connectivity index (χ3n) is 2.28. The van der Waals surface area contributed by atoms with E-state index in [-0.39, 0.29) is 24.0 Å². The van der Waals surface area contributed by atoms with Crippen molar-refractivity contribution >= 4 is 29.9 Å². The van der Waals surface area contributed by atoms with Crippen LogP contribution in [0, 0.1) is 0 Å². The Balaban J connectivity index is 0.00000289. The van der Waals surface area contributed by atoms with Crippen LogP contribution in [0.15, 0.2) is 23.3 Å². The number of rotatable bonds is 6. The van der Waals surface area contributed by atoms with Gasteiger partial charge in [-0.2, -0.15) is 0 Å². The Bertz CT molecular complexity index is 371. The molecule has 0 unspecified atom stereocenters. The summed E-state index contributed by atoms with van der Waals surface area (Å²) in [6.45, 7) is 3.54. The van der Waals surface area contributed by atoms with Crippen molar-refractivity contribution in [3.63, 3.8) is 0 Å². The lowest BCUT2D eigenvalue weighted by atomic mass is 10.3. The Kier molecular flexibility index (Phi) is 9.35. The van der Waals surface area contributed by atoms with Crippen molar-refractivity contribution in [2.45, 2.75) is 26.3 Å². The number of unbranched alkanes of at least 4 members (excludes halogenated alkanes) is 1. The van der Waals surface area contributed by atoms with Gasteiger partial charge >= 0.3 is 0 Å². The minimum Gasteiger partial charge on any atom is -0.481 e. The van der Waals surface area contributed by atoms with Crippen LogP contribution in [0.3, 0.4) is 0 Å². The van der Waals surface area contributed by atoms with Gasteiger partial charge in [0.2, 0.25) is 5.88 Å². The maximum Gasteiger partial charge on any atom is 0.213 e. The van der Waals surface area contributed by atoms with Crippen molar-refractivity contribution in [2.24, 2.45) is 10.7 Å². The second-order valence-electron chi connectivity index (χ2n) is 3.69. The Morgan fingerprint density at radius 1 is 1.56 bits per heavy atom. The number of nitrogens with two attached hydrogens (primary N) is 1. The monoisotopic (exact) mass is 364 g/mol. The topological polar surface area (TPSA) is 72.5 Å². The highest BCUT2D eigenvalue weighted by molar-refractivity contribution is 14.0. The van der Waals surface area contributed by atoms with Crippen LogP contribution in [-0.4, -0.2) is 24.6 Å². The first-order valence-corrected chi connectivity index (χ1v) is 5.79. The molecular weight excluding hydrogens is 343 g/mol. The van der Waals surface area contributed by atoms with Crippen molar-refractivity contribution < 1.29 is 4.74 Å². The molecule has 1 rings (SSSR count). The standard InChI is InChI=1S/C12H20N4O.HI/c1-3-4-6-15-12(13)16-9-10-5-7-14-11(8-10)17-2;/h5,7-8H,3-4,6,9H2,1-2H3,(H3,13,15,16);1H. The van der Waals surface area contributed by atoms with Gasteiger partial charge in [-0.05, 0) is 18.1 Å². The van der Waals surface area contributed by atoms with Gasteiger partial charge in [0, 0.05) is 18.8 Å². The highest BCUT2D eigenvalue weighted by Crippen LogP contribution is 2.09. The Morgan fingerprint density at radius 2 is 2.33 bits per heavy atom. The summed E-state index contributed by atoms with van der Waals surface area (Å²) in [5.74, 6) is 1.07. The fourth-order valence-electron chi connectivity index (χ4n) is 1.29. The average Bonchev–Trinajstić information content (AvgIpc) is 2.37. The van der Waals surface area contributed by atoms with Crippen LogP contribution in [0.5, 0.6) is 5.88 Å². The number of ether oxygens (including phenoxy) is 1. The van der Waals surface area contributed by atoms with Crippen molar-refractivity contribution in [1.29, 1.82) is 0 Å². The maximum absolute atomic E-state index is 5.72. The molecular formula is C12H21IN4O. The zero-order chi connectivity index (χ0) is 12.5. The van der Waals surface area contributed by atoms with Gasteiger partial charge in [-0.1, -0.05) is 13.3 Å². The van der Waals surface area contributed by atoms with Crippen LogP contribution < -0.4 is 15.8 Å². The Hall–Kier alpha value is -1.05. The number of nitrogens with one attached hydrogen (secondary N) is 1. The predicted molar refractivity (Wildman–Crippen MR) is 84.4 cm³/mol. The van der Waals surface area contributed by atoms with E-state index in [1.54, 1.807) is 13.3 Å². The molecule has 3 N–H and O–H groups in total. The number of halogens is 1. The molecule has 0 atom stereocenters. The van der Waals surface area contributed by atoms with E-state index in [0.29, 0.717) is 18.4 Å². The molecule has 1 aromatic rings. The van der Waals surface area contributed by atoms with E-state index in [9.17, 15) is 0 Å². The van der Waals surface area contributed by atoms with Crippen molar-refractivity contribution in [2.75, 3.05) is 13.7 Å². The van der Waals surface area contributed by atoms with Crippen LogP contribution in [-0.2, 0) is 6.54 Å². The summed E-state index contributed by atoms with van der Waals surface area (Å²) < 4.78 is 5.03. The van der Waals surface area contributed by atoms with E-state index >= 15 is 0 Å². The summed E-state index contributed by atoms with van der Waals surface area (Å²) >= 11 is 0. The lowest BCUT2D eigenvalue weighted by molar-refractivity contribution is 0.397. The molecule has 0 fully saturated rings. The first-order valence-electron chi connectivity index (χ1n) is 5.79. The van der Waals surface area contributed by atoms with Crippen molar-refractivity contribution in [3.05, 3.63) is 23.9 Å². The normalized spacial score (nSPS) is 10.7. The number of aromatic nitrogens is 1. The summed E-state index contributed by atoms with van der Waals surface area (Å²) in [5.41, 5.74) is 6.75. The largest absolute Gasteiger partial charge is 0.481 e. The summed E-state index contributed by atoms with van der Waals surface area (Å²) in [7, 11) is 1.59. The van der Waals surface area contributed by atoms with Crippen LogP contribution in [0.25, 0.3) is 0 Å². The third kappa shape index (κ3) is 6.63. The van der Waals surface area contributed by atoms with Gasteiger partial charge in [0.1, 0.15) is 0 Å². The van der Waals surface area contributed by atoms with Crippen LogP contribution >= 0.6 is 24.0 Å². The number of aliphatic imine (C=N–C) groups is 1. The minimum absolute atomic E-state index is 0. The smallest absolute Gasteiger partial charge is 0.213 e. The number of methoxy groups -OCH3 is 1. The second-order valence-corrected chi connectivity index (χ2v) is 3.69. The summed E-state index contributed by atoms with van der Waals surface area (Å²) in [6.07, 6.45) is 3.94. The second kappa shape index (κ2) is 9.93. The summed E-state index contributed by atoms with van der Waals surface area (Å²) in [6, 6.07) is 3.74. The zero-order valence-corrected chi connectivity index (χ0v) is 13.2. The fourth-order valence-corrected chi connectivity index (χ4v) is 1.29. The number of guanidine groups is 1. The van der Waals surface area contributed by atoms with Crippen LogP contribution in [0.2, 0.25) is 0 Å². The Morgan fingerprint density at radius 3 is 3.00 bits per heavy atom. The highest BCUT2D eigenvalue weighted by atomic mass is 127. The molecule has 6 heteroatoms. The van der Waals surface area contributed by atoms with Gasteiger partial charge in [0.05, 0.1) is 13.7 Å². The van der Waals surface area contributed by atoms with Gasteiger partial charge in [-0.15, -0.1) is 24.0 Å². The number of hydrogen-bond donors (Lipinski definition) is 2. The lowest BCUT2D eigenvalue weighted by Crippen LogP contribution is -2.32. The maximum atomic E-state index is 5.72. The fraction of sp³-hybridized carbons (Fsp3) is 0.500. The molecule has 0 saturated heterocycles. The predicted octanol–water partition coefficient (Wildman–Crippen LogP) is 1.91. The molecule has 0 spiro atoms. The molecule has 5 nitrogen and oxygen atoms in total. The SMILES string of the molecule is CCCCNC(N)=NCc1ccnc(OC)c1.I. The summed E-state index contributed by atoms with van der Waals surface area (Å²) in [4.78, 5) is 8.27. The number of hydrogen-bond acceptors (Lipinski definition) is 3. The number of nitrogens with zero attached hydrogens (tertiary/aromatic N) is 2. The molecule has 0 aliphatic carbocycles. The summed E-state index contributed by atoms with van der Waals surface area (Å²) in [5, 5.41) is 3.06. The third-order valence-corrected chi connectivity index (χ3v) is 2.28. The molecule has 18 heavy (non-hydrogen) atoms. The van der Waals surface area contributed by atoms with Gasteiger partial charge in [-0.25, -0.2) is 9.98 Å². The Labute approximate surface area is 125 Å². The van der Waals surface area contributed by atoms with Gasteiger partial charge in [-0.3, -0.25) is 0 Å². The van der Waals surface area contributed by atoms with Crippen LogP contribution in [0.4, 0.5) is 0 Å². The molecule has 0 amide bonds. The van der Waals surface area contributed by atoms with Gasteiger partial charge in [0.15, 0.2) is 5.96 Å². The van der Waals surface area contributed by atoms with E-state index in [2.05, 4.69) is 22.2 Å². The molecule has 0 radical (unpaired) electrons.